The summed E-state index contributed by atoms with van der Waals surface area (Å²) in [5, 5.41) is 1.55. The van der Waals surface area contributed by atoms with Gasteiger partial charge in [-0.2, -0.15) is 0 Å². The molecule has 0 aliphatic carbocycles. The SMILES string of the molecule is CC(C)(C)OC(=O)N1C[C@H](CC(C)(C)[Si](O)(c2ccccc2)c2ccccc2)C=C[C@@H]1COCc1ccccc1. The van der Waals surface area contributed by atoms with Crippen LogP contribution in [0.15, 0.2) is 103 Å². The Balaban J connectivity index is 1.57. The number of rotatable bonds is 9. The summed E-state index contributed by atoms with van der Waals surface area (Å²) in [6.07, 6.45) is 4.65. The summed E-state index contributed by atoms with van der Waals surface area (Å²) in [7, 11) is -3.17. The summed E-state index contributed by atoms with van der Waals surface area (Å²) in [6, 6.07) is 30.0. The molecule has 212 valence electrons. The number of benzene rings is 3. The number of amides is 1. The molecule has 0 saturated heterocycles. The van der Waals surface area contributed by atoms with Crippen LogP contribution in [-0.4, -0.2) is 48.9 Å². The number of nitrogens with zero attached hydrogens (tertiary/aromatic N) is 1. The molecule has 1 amide bonds. The first-order chi connectivity index (χ1) is 19.0. The predicted octanol–water partition coefficient (Wildman–Crippen LogP) is 5.92. The van der Waals surface area contributed by atoms with Crippen LogP contribution in [0, 0.1) is 5.92 Å². The minimum absolute atomic E-state index is 0.0549. The van der Waals surface area contributed by atoms with E-state index in [1.165, 1.54) is 0 Å². The van der Waals surface area contributed by atoms with Crippen molar-refractivity contribution in [1.29, 1.82) is 0 Å². The van der Waals surface area contributed by atoms with Crippen molar-refractivity contribution in [3.05, 3.63) is 109 Å². The second-order valence-electron chi connectivity index (χ2n) is 12.4. The summed E-state index contributed by atoms with van der Waals surface area (Å²) in [6.45, 7) is 11.4. The van der Waals surface area contributed by atoms with Gasteiger partial charge in [-0.15, -0.1) is 0 Å². The molecule has 1 N–H and O–H groups in total. The van der Waals surface area contributed by atoms with Crippen LogP contribution in [0.25, 0.3) is 0 Å². The lowest BCUT2D eigenvalue weighted by atomic mass is 9.91. The first-order valence-electron chi connectivity index (χ1n) is 14.1. The smallest absolute Gasteiger partial charge is 0.410 e. The van der Waals surface area contributed by atoms with Crippen LogP contribution < -0.4 is 10.4 Å². The monoisotopic (exact) mass is 557 g/mol. The maximum atomic E-state index is 13.4. The first kappa shape index (κ1) is 29.8. The molecule has 0 spiro atoms. The molecule has 0 unspecified atom stereocenters. The standard InChI is InChI=1S/C34H43NO4Si/c1-33(2,3)39-32(36)35-24-28(21-22-29(35)26-38-25-27-15-9-6-10-16-27)23-34(4,5)40(37,30-17-11-7-12-18-30)31-19-13-8-14-20-31/h6-22,28-29,37H,23-26H2,1-5H3/t28-,29+/m0/s1. The molecule has 1 aliphatic heterocycles. The van der Waals surface area contributed by atoms with E-state index in [0.717, 1.165) is 15.9 Å². The summed E-state index contributed by atoms with van der Waals surface area (Å²) >= 11 is 0. The lowest BCUT2D eigenvalue weighted by Gasteiger charge is -2.44. The normalized spacial score (nSPS) is 18.0. The zero-order valence-electron chi connectivity index (χ0n) is 24.4. The third-order valence-electron chi connectivity index (χ3n) is 7.60. The Morgan fingerprint density at radius 1 is 0.850 bits per heavy atom. The van der Waals surface area contributed by atoms with E-state index in [4.69, 9.17) is 9.47 Å². The number of hydrogen-bond donors (Lipinski definition) is 1. The molecule has 3 aromatic carbocycles. The van der Waals surface area contributed by atoms with Crippen LogP contribution in [0.3, 0.4) is 0 Å². The molecule has 0 bridgehead atoms. The zero-order valence-corrected chi connectivity index (χ0v) is 25.4. The molecule has 2 atom stereocenters. The van der Waals surface area contributed by atoms with Gasteiger partial charge in [-0.1, -0.05) is 117 Å². The van der Waals surface area contributed by atoms with Gasteiger partial charge in [0.2, 0.25) is 0 Å². The maximum Gasteiger partial charge on any atom is 0.410 e. The van der Waals surface area contributed by atoms with Gasteiger partial charge in [-0.3, -0.25) is 4.90 Å². The average molecular weight is 558 g/mol. The highest BCUT2D eigenvalue weighted by molar-refractivity contribution is 6.98. The molecule has 0 saturated carbocycles. The van der Waals surface area contributed by atoms with Crippen LogP contribution >= 0.6 is 0 Å². The Morgan fingerprint density at radius 3 is 1.90 bits per heavy atom. The second-order valence-corrected chi connectivity index (χ2v) is 16.3. The Hall–Kier alpha value is -3.19. The van der Waals surface area contributed by atoms with Crippen LogP contribution in [0.1, 0.15) is 46.6 Å². The van der Waals surface area contributed by atoms with Crippen molar-refractivity contribution < 1.29 is 19.1 Å². The van der Waals surface area contributed by atoms with E-state index < -0.39 is 19.0 Å². The van der Waals surface area contributed by atoms with Gasteiger partial charge in [0, 0.05) is 6.54 Å². The quantitative estimate of drug-likeness (QED) is 0.262. The van der Waals surface area contributed by atoms with Gasteiger partial charge in [0.25, 0.3) is 8.32 Å². The molecule has 4 rings (SSSR count). The minimum Gasteiger partial charge on any atom is -0.444 e. The number of hydrogen-bond acceptors (Lipinski definition) is 4. The van der Waals surface area contributed by atoms with E-state index in [0.29, 0.717) is 26.2 Å². The van der Waals surface area contributed by atoms with Crippen molar-refractivity contribution in [2.45, 2.75) is 64.3 Å². The molecule has 0 radical (unpaired) electrons. The van der Waals surface area contributed by atoms with Gasteiger partial charge in [0.05, 0.1) is 19.3 Å². The first-order valence-corrected chi connectivity index (χ1v) is 16.1. The van der Waals surface area contributed by atoms with Gasteiger partial charge in [0.1, 0.15) is 5.60 Å². The van der Waals surface area contributed by atoms with E-state index in [1.807, 2.05) is 112 Å². The molecule has 0 fully saturated rings. The van der Waals surface area contributed by atoms with Crippen molar-refractivity contribution in [2.24, 2.45) is 5.92 Å². The van der Waals surface area contributed by atoms with Gasteiger partial charge < -0.3 is 14.3 Å². The minimum atomic E-state index is -3.17. The van der Waals surface area contributed by atoms with Crippen molar-refractivity contribution in [1.82, 2.24) is 4.90 Å². The Bertz CT molecular complexity index is 1220. The van der Waals surface area contributed by atoms with E-state index in [9.17, 15) is 9.59 Å². The molecular formula is C34H43NO4Si. The summed E-state index contributed by atoms with van der Waals surface area (Å²) < 4.78 is 11.9. The summed E-state index contributed by atoms with van der Waals surface area (Å²) in [5.74, 6) is 0.0549. The molecule has 6 heteroatoms. The van der Waals surface area contributed by atoms with Gasteiger partial charge in [-0.05, 0) is 54.1 Å². The lowest BCUT2D eigenvalue weighted by Crippen LogP contribution is -2.65. The maximum absolute atomic E-state index is 13.4. The van der Waals surface area contributed by atoms with E-state index >= 15 is 0 Å². The summed E-state index contributed by atoms with van der Waals surface area (Å²) in [5.41, 5.74) is 0.493. The van der Waals surface area contributed by atoms with Gasteiger partial charge in [0.15, 0.2) is 0 Å². The fourth-order valence-corrected chi connectivity index (χ4v) is 9.43. The molecule has 3 aromatic rings. The average Bonchev–Trinajstić information content (AvgIpc) is 2.93. The highest BCUT2D eigenvalue weighted by atomic mass is 28.4. The van der Waals surface area contributed by atoms with Gasteiger partial charge >= 0.3 is 6.09 Å². The van der Waals surface area contributed by atoms with Crippen LogP contribution in [-0.2, 0) is 16.1 Å². The Morgan fingerprint density at radius 2 is 1.38 bits per heavy atom. The predicted molar refractivity (Wildman–Crippen MR) is 164 cm³/mol. The second kappa shape index (κ2) is 12.5. The van der Waals surface area contributed by atoms with Crippen molar-refractivity contribution in [3.63, 3.8) is 0 Å². The topological polar surface area (TPSA) is 59.0 Å². The molecule has 1 aliphatic rings. The van der Waals surface area contributed by atoms with E-state index in [1.54, 1.807) is 4.90 Å². The lowest BCUT2D eigenvalue weighted by molar-refractivity contribution is 0.00112. The van der Waals surface area contributed by atoms with Gasteiger partial charge in [-0.25, -0.2) is 4.79 Å². The Kier molecular flexibility index (Phi) is 9.34. The molecule has 5 nitrogen and oxygen atoms in total. The van der Waals surface area contributed by atoms with Crippen LogP contribution in [0.2, 0.25) is 5.04 Å². The number of carbonyl (C=O) groups excluding carboxylic acids is 1. The van der Waals surface area contributed by atoms with Crippen molar-refractivity contribution in [2.75, 3.05) is 13.2 Å². The third kappa shape index (κ3) is 7.11. The fourth-order valence-electron chi connectivity index (χ4n) is 5.63. The van der Waals surface area contributed by atoms with Crippen molar-refractivity contribution >= 4 is 24.8 Å². The highest BCUT2D eigenvalue weighted by Crippen LogP contribution is 2.42. The molecular weight excluding hydrogens is 514 g/mol. The van der Waals surface area contributed by atoms with Crippen molar-refractivity contribution in [3.8, 4) is 0 Å². The van der Waals surface area contributed by atoms with E-state index in [2.05, 4.69) is 26.0 Å². The fraction of sp³-hybridized carbons (Fsp3) is 0.382. The largest absolute Gasteiger partial charge is 0.444 e. The van der Waals surface area contributed by atoms with Crippen LogP contribution in [0.4, 0.5) is 4.79 Å². The number of carbonyl (C=O) groups is 1. The summed E-state index contributed by atoms with van der Waals surface area (Å²) in [4.78, 5) is 27.8. The van der Waals surface area contributed by atoms with Crippen LogP contribution in [0.5, 0.6) is 0 Å². The van der Waals surface area contributed by atoms with E-state index in [-0.39, 0.29) is 18.1 Å². The number of ether oxygens (including phenoxy) is 2. The molecule has 40 heavy (non-hydrogen) atoms. The zero-order chi connectivity index (χ0) is 28.8. The molecule has 1 heterocycles. The Labute approximate surface area is 240 Å². The highest BCUT2D eigenvalue weighted by Gasteiger charge is 2.51. The molecule has 0 aromatic heterocycles. The third-order valence-corrected chi connectivity index (χ3v) is 12.1.